The van der Waals surface area contributed by atoms with Gasteiger partial charge in [0.05, 0.1) is 18.0 Å². The van der Waals surface area contributed by atoms with Gasteiger partial charge in [0, 0.05) is 19.7 Å². The molecule has 9 heteroatoms. The van der Waals surface area contributed by atoms with Crippen LogP contribution in [0.5, 0.6) is 0 Å². The largest absolute Gasteiger partial charge is 0.383 e. The highest BCUT2D eigenvalue weighted by molar-refractivity contribution is 14.1. The standard InChI is InChI=1S/C11H15IN6O.ClH/c1-19-4-6-2-7(3-14-6)18-11-8(9(12)17-18)10(13)15-5-16-11;/h5-7,14H,2-4H2,1H3,(H2,13,15,16);1H/t6-,7+;/m1./s1. The van der Waals surface area contributed by atoms with Crippen molar-refractivity contribution in [3.05, 3.63) is 10.0 Å². The Balaban J connectivity index is 0.00000147. The minimum Gasteiger partial charge on any atom is -0.383 e. The third-order valence-electron chi connectivity index (χ3n) is 3.39. The number of hydrogen-bond acceptors (Lipinski definition) is 6. The van der Waals surface area contributed by atoms with Crippen molar-refractivity contribution in [2.75, 3.05) is 26.0 Å². The Morgan fingerprint density at radius 3 is 3.10 bits per heavy atom. The lowest BCUT2D eigenvalue weighted by atomic mass is 10.2. The highest BCUT2D eigenvalue weighted by Crippen LogP contribution is 2.28. The molecule has 3 heterocycles. The highest BCUT2D eigenvalue weighted by atomic mass is 127. The third kappa shape index (κ3) is 2.69. The smallest absolute Gasteiger partial charge is 0.164 e. The molecule has 1 aliphatic heterocycles. The summed E-state index contributed by atoms with van der Waals surface area (Å²) in [5.41, 5.74) is 6.71. The first-order valence-electron chi connectivity index (χ1n) is 6.07. The van der Waals surface area contributed by atoms with Gasteiger partial charge in [-0.2, -0.15) is 5.10 Å². The molecule has 20 heavy (non-hydrogen) atoms. The van der Waals surface area contributed by atoms with Crippen molar-refractivity contribution in [3.8, 4) is 0 Å². The third-order valence-corrected chi connectivity index (χ3v) is 4.14. The summed E-state index contributed by atoms with van der Waals surface area (Å²) in [7, 11) is 1.72. The minimum atomic E-state index is 0. The fourth-order valence-electron chi connectivity index (χ4n) is 2.52. The van der Waals surface area contributed by atoms with Gasteiger partial charge in [0.1, 0.15) is 15.8 Å². The van der Waals surface area contributed by atoms with Crippen LogP contribution < -0.4 is 11.1 Å². The van der Waals surface area contributed by atoms with E-state index in [4.69, 9.17) is 10.5 Å². The summed E-state index contributed by atoms with van der Waals surface area (Å²) in [6.45, 7) is 1.58. The van der Waals surface area contributed by atoms with Gasteiger partial charge >= 0.3 is 0 Å². The number of hydrogen-bond donors (Lipinski definition) is 2. The quantitative estimate of drug-likeness (QED) is 0.733. The van der Waals surface area contributed by atoms with E-state index < -0.39 is 0 Å². The topological polar surface area (TPSA) is 90.9 Å². The van der Waals surface area contributed by atoms with Gasteiger partial charge in [-0.05, 0) is 29.0 Å². The number of nitrogens with one attached hydrogen (secondary N) is 1. The molecule has 0 radical (unpaired) electrons. The summed E-state index contributed by atoms with van der Waals surface area (Å²) >= 11 is 2.18. The van der Waals surface area contributed by atoms with Crippen molar-refractivity contribution >= 4 is 51.8 Å². The number of anilines is 1. The molecule has 0 aliphatic carbocycles. The number of nitrogens with two attached hydrogens (primary N) is 1. The molecule has 0 bridgehead atoms. The second-order valence-electron chi connectivity index (χ2n) is 4.64. The summed E-state index contributed by atoms with van der Waals surface area (Å²) in [5.74, 6) is 0.486. The Hall–Kier alpha value is -0.710. The lowest BCUT2D eigenvalue weighted by molar-refractivity contribution is 0.172. The zero-order chi connectivity index (χ0) is 13.4. The van der Waals surface area contributed by atoms with E-state index in [-0.39, 0.29) is 18.4 Å². The molecule has 2 atom stereocenters. The number of nitrogens with zero attached hydrogens (tertiary/aromatic N) is 4. The van der Waals surface area contributed by atoms with E-state index in [1.807, 2.05) is 4.68 Å². The Bertz CT molecular complexity index is 606. The monoisotopic (exact) mass is 410 g/mol. The van der Waals surface area contributed by atoms with Crippen LogP contribution in [0, 0.1) is 3.70 Å². The van der Waals surface area contributed by atoms with Crippen molar-refractivity contribution in [3.63, 3.8) is 0 Å². The van der Waals surface area contributed by atoms with Crippen molar-refractivity contribution in [1.82, 2.24) is 25.1 Å². The highest BCUT2D eigenvalue weighted by Gasteiger charge is 2.28. The van der Waals surface area contributed by atoms with Crippen LogP contribution in [0.3, 0.4) is 0 Å². The van der Waals surface area contributed by atoms with Gasteiger partial charge in [0.15, 0.2) is 5.65 Å². The molecule has 2 aromatic rings. The number of ether oxygens (including phenoxy) is 1. The molecule has 3 N–H and O–H groups in total. The van der Waals surface area contributed by atoms with Gasteiger partial charge < -0.3 is 15.8 Å². The van der Waals surface area contributed by atoms with E-state index in [2.05, 4.69) is 43.0 Å². The summed E-state index contributed by atoms with van der Waals surface area (Å²) in [5, 5.41) is 8.84. The minimum absolute atomic E-state index is 0. The number of halogens is 2. The van der Waals surface area contributed by atoms with E-state index in [0.29, 0.717) is 18.5 Å². The maximum atomic E-state index is 5.90. The molecule has 3 rings (SSSR count). The van der Waals surface area contributed by atoms with Crippen LogP contribution in [0.25, 0.3) is 11.0 Å². The van der Waals surface area contributed by atoms with E-state index in [0.717, 1.165) is 27.7 Å². The van der Waals surface area contributed by atoms with Crippen molar-refractivity contribution < 1.29 is 4.74 Å². The van der Waals surface area contributed by atoms with Gasteiger partial charge in [0.25, 0.3) is 0 Å². The van der Waals surface area contributed by atoms with Gasteiger partial charge in [0.2, 0.25) is 0 Å². The Morgan fingerprint density at radius 1 is 1.55 bits per heavy atom. The molecule has 0 aromatic carbocycles. The first-order valence-corrected chi connectivity index (χ1v) is 7.15. The number of rotatable bonds is 3. The number of nitrogen functional groups attached to an aromatic ring is 1. The number of fused-ring (bicyclic) bond motifs is 1. The van der Waals surface area contributed by atoms with E-state index in [1.165, 1.54) is 6.33 Å². The summed E-state index contributed by atoms with van der Waals surface area (Å²) in [6, 6.07) is 0.645. The van der Waals surface area contributed by atoms with Crippen LogP contribution in [-0.4, -0.2) is 46.1 Å². The maximum absolute atomic E-state index is 5.90. The molecule has 1 fully saturated rings. The molecule has 2 aromatic heterocycles. The first-order chi connectivity index (χ1) is 9.20. The Kier molecular flexibility index (Phi) is 4.99. The fraction of sp³-hybridized carbons (Fsp3) is 0.545. The van der Waals surface area contributed by atoms with Crippen molar-refractivity contribution in [2.45, 2.75) is 18.5 Å². The normalized spacial score (nSPS) is 22.1. The zero-order valence-corrected chi connectivity index (χ0v) is 13.9. The van der Waals surface area contributed by atoms with E-state index >= 15 is 0 Å². The SMILES string of the molecule is COC[C@H]1C[C@H](n2nc(I)c3c(N)ncnc32)CN1.Cl. The molecule has 1 saturated heterocycles. The molecule has 7 nitrogen and oxygen atoms in total. The van der Waals surface area contributed by atoms with E-state index in [1.54, 1.807) is 7.11 Å². The first kappa shape index (κ1) is 15.7. The molecular formula is C11H16ClIN6O. The summed E-state index contributed by atoms with van der Waals surface area (Å²) < 4.78 is 7.99. The molecule has 1 aliphatic rings. The lowest BCUT2D eigenvalue weighted by Gasteiger charge is -2.10. The number of aromatic nitrogens is 4. The van der Waals surface area contributed by atoms with Crippen LogP contribution in [0.4, 0.5) is 5.82 Å². The zero-order valence-electron chi connectivity index (χ0n) is 10.9. The predicted octanol–water partition coefficient (Wildman–Crippen LogP) is 0.984. The van der Waals surface area contributed by atoms with Gasteiger partial charge in [-0.25, -0.2) is 14.6 Å². The molecule has 0 unspecified atom stereocenters. The average molecular weight is 411 g/mol. The second kappa shape index (κ2) is 6.37. The van der Waals surface area contributed by atoms with Crippen LogP contribution in [0.15, 0.2) is 6.33 Å². The van der Waals surface area contributed by atoms with Crippen molar-refractivity contribution in [2.24, 2.45) is 0 Å². The maximum Gasteiger partial charge on any atom is 0.164 e. The number of methoxy groups -OCH3 is 1. The molecule has 0 amide bonds. The van der Waals surface area contributed by atoms with E-state index in [9.17, 15) is 0 Å². The lowest BCUT2D eigenvalue weighted by Crippen LogP contribution is -2.25. The molecular weight excluding hydrogens is 395 g/mol. The van der Waals surface area contributed by atoms with Gasteiger partial charge in [-0.3, -0.25) is 0 Å². The van der Waals surface area contributed by atoms with Crippen LogP contribution in [0.2, 0.25) is 0 Å². The van der Waals surface area contributed by atoms with Crippen molar-refractivity contribution in [1.29, 1.82) is 0 Å². The Morgan fingerprint density at radius 2 is 2.35 bits per heavy atom. The fourth-order valence-corrected chi connectivity index (χ4v) is 3.27. The molecule has 0 spiro atoms. The second-order valence-corrected chi connectivity index (χ2v) is 5.66. The van der Waals surface area contributed by atoms with Crippen LogP contribution in [-0.2, 0) is 4.74 Å². The van der Waals surface area contributed by atoms with Gasteiger partial charge in [-0.1, -0.05) is 0 Å². The van der Waals surface area contributed by atoms with Crippen LogP contribution >= 0.6 is 35.0 Å². The van der Waals surface area contributed by atoms with Gasteiger partial charge in [-0.15, -0.1) is 12.4 Å². The molecule has 110 valence electrons. The molecule has 0 saturated carbocycles. The average Bonchev–Trinajstić information content (AvgIpc) is 2.96. The summed E-state index contributed by atoms with van der Waals surface area (Å²) in [4.78, 5) is 8.35. The Labute approximate surface area is 136 Å². The summed E-state index contributed by atoms with van der Waals surface area (Å²) in [6.07, 6.45) is 2.46. The van der Waals surface area contributed by atoms with Crippen LogP contribution in [0.1, 0.15) is 12.5 Å². The predicted molar refractivity (Wildman–Crippen MR) is 87.0 cm³/mol.